The summed E-state index contributed by atoms with van der Waals surface area (Å²) in [4.78, 5) is 25.5. The summed E-state index contributed by atoms with van der Waals surface area (Å²) in [5.41, 5.74) is 0.956. The Morgan fingerprint density at radius 1 is 1.15 bits per heavy atom. The molecule has 1 aromatic rings. The van der Waals surface area contributed by atoms with Crippen molar-refractivity contribution in [1.29, 1.82) is 0 Å². The third-order valence-corrected chi connectivity index (χ3v) is 3.63. The molecule has 20 heavy (non-hydrogen) atoms. The molecule has 0 radical (unpaired) electrons. The molecule has 5 nitrogen and oxygen atoms in total. The predicted molar refractivity (Wildman–Crippen MR) is 71.4 cm³/mol. The monoisotopic (exact) mass is 275 g/mol. The molecule has 1 unspecified atom stereocenters. The maximum atomic E-state index is 12.1. The fourth-order valence-corrected chi connectivity index (χ4v) is 2.56. The smallest absolute Gasteiger partial charge is 0.261 e. The lowest BCUT2D eigenvalue weighted by atomic mass is 10.1. The first-order valence-electron chi connectivity index (χ1n) is 6.96. The minimum absolute atomic E-state index is 0.195. The highest BCUT2D eigenvalue weighted by atomic mass is 16.7. The van der Waals surface area contributed by atoms with Crippen molar-refractivity contribution in [2.45, 2.75) is 25.6 Å². The molecule has 0 spiro atoms. The maximum Gasteiger partial charge on any atom is 0.261 e. The van der Waals surface area contributed by atoms with Crippen LogP contribution in [0.25, 0.3) is 0 Å². The quantitative estimate of drug-likeness (QED) is 0.787. The number of hydrogen-bond acceptors (Lipinski definition) is 4. The van der Waals surface area contributed by atoms with E-state index in [4.69, 9.17) is 9.47 Å². The largest absolute Gasteiger partial charge is 0.353 e. The van der Waals surface area contributed by atoms with Gasteiger partial charge in [0.1, 0.15) is 0 Å². The Labute approximate surface area is 117 Å². The van der Waals surface area contributed by atoms with Crippen LogP contribution in [-0.2, 0) is 9.47 Å². The molecule has 1 aromatic carbocycles. The predicted octanol–water partition coefficient (Wildman–Crippen LogP) is 1.83. The molecular weight excluding hydrogens is 258 g/mol. The second-order valence-corrected chi connectivity index (χ2v) is 4.97. The number of carbonyl (C=O) groups is 2. The van der Waals surface area contributed by atoms with Crippen molar-refractivity contribution in [2.75, 3.05) is 19.8 Å². The Morgan fingerprint density at radius 3 is 2.45 bits per heavy atom. The van der Waals surface area contributed by atoms with E-state index in [1.165, 1.54) is 4.90 Å². The van der Waals surface area contributed by atoms with Gasteiger partial charge in [0.15, 0.2) is 6.29 Å². The molecule has 3 rings (SSSR count). The molecule has 5 heteroatoms. The average Bonchev–Trinajstić information content (AvgIpc) is 2.74. The Morgan fingerprint density at radius 2 is 1.85 bits per heavy atom. The zero-order valence-corrected chi connectivity index (χ0v) is 11.2. The summed E-state index contributed by atoms with van der Waals surface area (Å²) < 4.78 is 11.0. The zero-order chi connectivity index (χ0) is 13.9. The number of carbonyl (C=O) groups excluding carboxylic acids is 2. The molecule has 2 aliphatic rings. The molecule has 0 aliphatic carbocycles. The van der Waals surface area contributed by atoms with E-state index in [1.54, 1.807) is 24.3 Å². The van der Waals surface area contributed by atoms with Crippen molar-refractivity contribution in [3.63, 3.8) is 0 Å². The number of benzene rings is 1. The molecular formula is C15H17NO4. The van der Waals surface area contributed by atoms with Gasteiger partial charge in [0.05, 0.1) is 24.3 Å². The molecule has 1 saturated heterocycles. The van der Waals surface area contributed by atoms with Gasteiger partial charge in [0.2, 0.25) is 0 Å². The first-order chi connectivity index (χ1) is 9.77. The van der Waals surface area contributed by atoms with Crippen molar-refractivity contribution >= 4 is 11.8 Å². The molecule has 2 heterocycles. The summed E-state index contributed by atoms with van der Waals surface area (Å²) in [6.07, 6.45) is 2.84. The summed E-state index contributed by atoms with van der Waals surface area (Å²) in [7, 11) is 0. The topological polar surface area (TPSA) is 55.8 Å². The van der Waals surface area contributed by atoms with E-state index < -0.39 is 0 Å². The summed E-state index contributed by atoms with van der Waals surface area (Å²) in [6, 6.07) is 6.89. The van der Waals surface area contributed by atoms with E-state index in [0.717, 1.165) is 25.9 Å². The average molecular weight is 275 g/mol. The van der Waals surface area contributed by atoms with Gasteiger partial charge in [0.25, 0.3) is 11.8 Å². The number of imide groups is 1. The minimum atomic E-state index is -0.237. The number of nitrogens with zero attached hydrogens (tertiary/aromatic N) is 1. The Kier molecular flexibility index (Phi) is 3.80. The second-order valence-electron chi connectivity index (χ2n) is 4.97. The first kappa shape index (κ1) is 13.3. The van der Waals surface area contributed by atoms with Crippen molar-refractivity contribution in [1.82, 2.24) is 4.90 Å². The lowest BCUT2D eigenvalue weighted by molar-refractivity contribution is -0.162. The van der Waals surface area contributed by atoms with Crippen LogP contribution >= 0.6 is 0 Å². The molecule has 0 saturated carbocycles. The minimum Gasteiger partial charge on any atom is -0.353 e. The number of amides is 2. The second kappa shape index (κ2) is 5.73. The van der Waals surface area contributed by atoms with Gasteiger partial charge in [-0.25, -0.2) is 0 Å². The van der Waals surface area contributed by atoms with Gasteiger partial charge in [-0.3, -0.25) is 14.5 Å². The van der Waals surface area contributed by atoms with Gasteiger partial charge in [0, 0.05) is 6.61 Å². The molecule has 1 fully saturated rings. The standard InChI is InChI=1S/C15H17NO4/c17-14-11-5-1-2-6-12(11)15(18)16(14)8-10-20-13-7-3-4-9-19-13/h1-2,5-6,13H,3-4,7-10H2. The van der Waals surface area contributed by atoms with Crippen LogP contribution in [0.1, 0.15) is 40.0 Å². The van der Waals surface area contributed by atoms with Crippen molar-refractivity contribution in [2.24, 2.45) is 0 Å². The van der Waals surface area contributed by atoms with Crippen LogP contribution < -0.4 is 0 Å². The lowest BCUT2D eigenvalue weighted by Gasteiger charge is -2.23. The van der Waals surface area contributed by atoms with E-state index in [1.807, 2.05) is 0 Å². The molecule has 106 valence electrons. The van der Waals surface area contributed by atoms with Crippen LogP contribution in [0.15, 0.2) is 24.3 Å². The van der Waals surface area contributed by atoms with E-state index in [0.29, 0.717) is 17.7 Å². The molecule has 0 aromatic heterocycles. The summed E-state index contributed by atoms with van der Waals surface area (Å²) in [5, 5.41) is 0. The lowest BCUT2D eigenvalue weighted by Crippen LogP contribution is -2.34. The third-order valence-electron chi connectivity index (χ3n) is 3.63. The maximum absolute atomic E-state index is 12.1. The van der Waals surface area contributed by atoms with Gasteiger partial charge < -0.3 is 9.47 Å². The molecule has 0 N–H and O–H groups in total. The fraction of sp³-hybridized carbons (Fsp3) is 0.467. The summed E-state index contributed by atoms with van der Waals surface area (Å²) >= 11 is 0. The van der Waals surface area contributed by atoms with E-state index in [9.17, 15) is 9.59 Å². The van der Waals surface area contributed by atoms with Gasteiger partial charge >= 0.3 is 0 Å². The van der Waals surface area contributed by atoms with Crippen molar-refractivity contribution in [3.05, 3.63) is 35.4 Å². The van der Waals surface area contributed by atoms with Crippen LogP contribution in [-0.4, -0.2) is 42.8 Å². The molecule has 0 bridgehead atoms. The number of fused-ring (bicyclic) bond motifs is 1. The number of hydrogen-bond donors (Lipinski definition) is 0. The first-order valence-corrected chi connectivity index (χ1v) is 6.96. The molecule has 1 atom stereocenters. The zero-order valence-electron chi connectivity index (χ0n) is 11.2. The normalized spacial score (nSPS) is 22.2. The summed E-state index contributed by atoms with van der Waals surface area (Å²) in [6.45, 7) is 1.31. The van der Waals surface area contributed by atoms with Crippen molar-refractivity contribution in [3.8, 4) is 0 Å². The fourth-order valence-electron chi connectivity index (χ4n) is 2.56. The highest BCUT2D eigenvalue weighted by Gasteiger charge is 2.34. The molecule has 2 aliphatic heterocycles. The van der Waals surface area contributed by atoms with Crippen LogP contribution in [0, 0.1) is 0 Å². The van der Waals surface area contributed by atoms with Crippen LogP contribution in [0.3, 0.4) is 0 Å². The van der Waals surface area contributed by atoms with Crippen molar-refractivity contribution < 1.29 is 19.1 Å². The van der Waals surface area contributed by atoms with E-state index in [2.05, 4.69) is 0 Å². The van der Waals surface area contributed by atoms with Crippen LogP contribution in [0.5, 0.6) is 0 Å². The van der Waals surface area contributed by atoms with E-state index >= 15 is 0 Å². The van der Waals surface area contributed by atoms with E-state index in [-0.39, 0.29) is 24.6 Å². The van der Waals surface area contributed by atoms with Crippen LogP contribution in [0.2, 0.25) is 0 Å². The third kappa shape index (κ3) is 2.46. The highest BCUT2D eigenvalue weighted by Crippen LogP contribution is 2.22. The summed E-state index contributed by atoms with van der Waals surface area (Å²) in [5.74, 6) is -0.475. The van der Waals surface area contributed by atoms with Gasteiger partial charge in [-0.15, -0.1) is 0 Å². The Hall–Kier alpha value is -1.72. The number of rotatable bonds is 4. The highest BCUT2D eigenvalue weighted by molar-refractivity contribution is 6.21. The Balaban J connectivity index is 1.56. The van der Waals surface area contributed by atoms with Gasteiger partial charge in [-0.05, 0) is 31.4 Å². The van der Waals surface area contributed by atoms with Gasteiger partial charge in [-0.1, -0.05) is 12.1 Å². The molecule has 2 amide bonds. The number of ether oxygens (including phenoxy) is 2. The SMILES string of the molecule is O=C1c2ccccc2C(=O)N1CCOC1CCCCO1. The van der Waals surface area contributed by atoms with Crippen LogP contribution in [0.4, 0.5) is 0 Å². The van der Waals surface area contributed by atoms with Gasteiger partial charge in [-0.2, -0.15) is 0 Å². The Bertz CT molecular complexity index is 487.